The summed E-state index contributed by atoms with van der Waals surface area (Å²) in [6, 6.07) is -0.214. The molecule has 0 bridgehead atoms. The van der Waals surface area contributed by atoms with Gasteiger partial charge in [-0.3, -0.25) is 10.3 Å². The van der Waals surface area contributed by atoms with Gasteiger partial charge in [0.05, 0.1) is 31.7 Å². The van der Waals surface area contributed by atoms with Crippen molar-refractivity contribution in [2.24, 2.45) is 5.41 Å². The van der Waals surface area contributed by atoms with Crippen LogP contribution in [0.5, 0.6) is 5.88 Å². The van der Waals surface area contributed by atoms with Crippen molar-refractivity contribution < 1.29 is 19.4 Å². The van der Waals surface area contributed by atoms with E-state index in [1.165, 1.54) is 19.5 Å². The Hall–Kier alpha value is -1.93. The molecule has 2 atom stereocenters. The molecule has 2 heterocycles. The highest BCUT2D eigenvalue weighted by molar-refractivity contribution is 5.88. The molecule has 1 spiro atoms. The van der Waals surface area contributed by atoms with E-state index in [1.54, 1.807) is 4.90 Å². The second-order valence-corrected chi connectivity index (χ2v) is 6.29. The molecule has 2 unspecified atom stereocenters. The van der Waals surface area contributed by atoms with E-state index < -0.39 is 0 Å². The van der Waals surface area contributed by atoms with Gasteiger partial charge in [-0.1, -0.05) is 0 Å². The van der Waals surface area contributed by atoms with E-state index in [4.69, 9.17) is 9.47 Å². The summed E-state index contributed by atoms with van der Waals surface area (Å²) in [7, 11) is 1.50. The minimum Gasteiger partial charge on any atom is -0.480 e. The molecular weight excluding hydrogens is 312 g/mol. The van der Waals surface area contributed by atoms with Gasteiger partial charge in [0.1, 0.15) is 0 Å². The SMILES string of the molecule is CCOC1CC(O)C12CCN(C(=O)Nc1cncc(OC)n1)CC2. The summed E-state index contributed by atoms with van der Waals surface area (Å²) in [4.78, 5) is 22.2. The van der Waals surface area contributed by atoms with Crippen molar-refractivity contribution in [2.75, 3.05) is 32.1 Å². The number of anilines is 1. The average molecular weight is 336 g/mol. The smallest absolute Gasteiger partial charge is 0.323 e. The first kappa shape index (κ1) is 16.9. The molecule has 2 amide bonds. The standard InChI is InChI=1S/C16H24N4O4/c1-3-24-12-8-11(21)16(12)4-6-20(7-5-16)15(22)19-13-9-17-10-14(18-13)23-2/h9-12,21H,3-8H2,1-2H3,(H,18,19,22). The zero-order valence-electron chi connectivity index (χ0n) is 14.1. The fourth-order valence-corrected chi connectivity index (χ4v) is 3.64. The number of carbonyl (C=O) groups is 1. The molecule has 0 radical (unpaired) electrons. The number of hydrogen-bond acceptors (Lipinski definition) is 6. The third-order valence-corrected chi connectivity index (χ3v) is 5.15. The van der Waals surface area contributed by atoms with Gasteiger partial charge < -0.3 is 19.5 Å². The van der Waals surface area contributed by atoms with E-state index >= 15 is 0 Å². The van der Waals surface area contributed by atoms with E-state index in [-0.39, 0.29) is 23.7 Å². The number of amides is 2. The van der Waals surface area contributed by atoms with Crippen LogP contribution in [0.2, 0.25) is 0 Å². The third kappa shape index (κ3) is 3.03. The van der Waals surface area contributed by atoms with Crippen LogP contribution < -0.4 is 10.1 Å². The van der Waals surface area contributed by atoms with Crippen LogP contribution in [0, 0.1) is 5.41 Å². The van der Waals surface area contributed by atoms with Crippen molar-refractivity contribution in [3.8, 4) is 5.88 Å². The van der Waals surface area contributed by atoms with Gasteiger partial charge in [0.2, 0.25) is 5.88 Å². The first-order valence-corrected chi connectivity index (χ1v) is 8.30. The number of rotatable bonds is 4. The fourth-order valence-electron chi connectivity index (χ4n) is 3.64. The average Bonchev–Trinajstić information content (AvgIpc) is 2.62. The summed E-state index contributed by atoms with van der Waals surface area (Å²) in [6.07, 6.45) is 4.92. The molecule has 0 aromatic carbocycles. The molecular formula is C16H24N4O4. The Labute approximate surface area is 141 Å². The number of nitrogens with one attached hydrogen (secondary N) is 1. The molecule has 132 valence electrons. The lowest BCUT2D eigenvalue weighted by molar-refractivity contribution is -0.207. The number of likely N-dealkylation sites (tertiary alicyclic amines) is 1. The van der Waals surface area contributed by atoms with Crippen molar-refractivity contribution in [2.45, 2.75) is 38.4 Å². The van der Waals surface area contributed by atoms with Crippen LogP contribution in [0.25, 0.3) is 0 Å². The van der Waals surface area contributed by atoms with Crippen molar-refractivity contribution >= 4 is 11.8 Å². The van der Waals surface area contributed by atoms with Gasteiger partial charge in [0.25, 0.3) is 0 Å². The van der Waals surface area contributed by atoms with Gasteiger partial charge in [-0.15, -0.1) is 0 Å². The number of piperidine rings is 1. The minimum atomic E-state index is -0.330. The van der Waals surface area contributed by atoms with Crippen LogP contribution in [-0.4, -0.2) is 65.0 Å². The molecule has 2 aliphatic rings. The van der Waals surface area contributed by atoms with E-state index in [0.717, 1.165) is 12.8 Å². The van der Waals surface area contributed by atoms with Gasteiger partial charge in [-0.2, -0.15) is 4.98 Å². The molecule has 2 N–H and O–H groups in total. The number of hydrogen-bond donors (Lipinski definition) is 2. The first-order chi connectivity index (χ1) is 11.6. The summed E-state index contributed by atoms with van der Waals surface area (Å²) in [5.74, 6) is 0.707. The first-order valence-electron chi connectivity index (χ1n) is 8.30. The van der Waals surface area contributed by atoms with Crippen molar-refractivity contribution in [3.63, 3.8) is 0 Å². The van der Waals surface area contributed by atoms with Crippen LogP contribution in [0.4, 0.5) is 10.6 Å². The molecule has 1 aromatic rings. The highest BCUT2D eigenvalue weighted by Crippen LogP contribution is 2.50. The molecule has 2 fully saturated rings. The van der Waals surface area contributed by atoms with Gasteiger partial charge >= 0.3 is 6.03 Å². The summed E-state index contributed by atoms with van der Waals surface area (Å²) in [5.41, 5.74) is -0.192. The lowest BCUT2D eigenvalue weighted by Gasteiger charge is -2.56. The number of ether oxygens (including phenoxy) is 2. The number of carbonyl (C=O) groups excluding carboxylic acids is 1. The number of nitrogens with zero attached hydrogens (tertiary/aromatic N) is 3. The summed E-state index contributed by atoms with van der Waals surface area (Å²) >= 11 is 0. The maximum absolute atomic E-state index is 12.4. The highest BCUT2D eigenvalue weighted by atomic mass is 16.5. The monoisotopic (exact) mass is 336 g/mol. The molecule has 8 nitrogen and oxygen atoms in total. The van der Waals surface area contributed by atoms with Crippen molar-refractivity contribution in [1.29, 1.82) is 0 Å². The maximum Gasteiger partial charge on any atom is 0.323 e. The van der Waals surface area contributed by atoms with E-state index in [9.17, 15) is 9.90 Å². The van der Waals surface area contributed by atoms with Crippen LogP contribution in [0.3, 0.4) is 0 Å². The lowest BCUT2D eigenvalue weighted by Crippen LogP contribution is -2.63. The zero-order chi connectivity index (χ0) is 17.2. The van der Waals surface area contributed by atoms with Crippen LogP contribution >= 0.6 is 0 Å². The van der Waals surface area contributed by atoms with Crippen LogP contribution in [0.1, 0.15) is 26.2 Å². The van der Waals surface area contributed by atoms with E-state index in [0.29, 0.717) is 37.8 Å². The number of methoxy groups -OCH3 is 1. The Bertz CT molecular complexity index is 587. The molecule has 1 saturated carbocycles. The summed E-state index contributed by atoms with van der Waals surface area (Å²) in [5, 5.41) is 12.9. The molecule has 24 heavy (non-hydrogen) atoms. The van der Waals surface area contributed by atoms with Crippen LogP contribution in [0.15, 0.2) is 12.4 Å². The number of urea groups is 1. The largest absolute Gasteiger partial charge is 0.480 e. The Balaban J connectivity index is 1.57. The minimum absolute atomic E-state index is 0.104. The number of aliphatic hydroxyl groups is 1. The lowest BCUT2D eigenvalue weighted by atomic mass is 9.58. The summed E-state index contributed by atoms with van der Waals surface area (Å²) < 4.78 is 10.7. The molecule has 1 aliphatic heterocycles. The number of aliphatic hydroxyl groups excluding tert-OH is 1. The predicted octanol–water partition coefficient (Wildman–Crippen LogP) is 1.27. The van der Waals surface area contributed by atoms with E-state index in [1.807, 2.05) is 6.92 Å². The fraction of sp³-hybridized carbons (Fsp3) is 0.688. The zero-order valence-corrected chi connectivity index (χ0v) is 14.1. The van der Waals surface area contributed by atoms with Crippen molar-refractivity contribution in [3.05, 3.63) is 12.4 Å². The van der Waals surface area contributed by atoms with Crippen molar-refractivity contribution in [1.82, 2.24) is 14.9 Å². The Kier molecular flexibility index (Phi) is 4.86. The Morgan fingerprint density at radius 1 is 1.46 bits per heavy atom. The van der Waals surface area contributed by atoms with Gasteiger partial charge in [0, 0.05) is 31.5 Å². The van der Waals surface area contributed by atoms with Gasteiger partial charge in [-0.05, 0) is 19.8 Å². The quantitative estimate of drug-likeness (QED) is 0.859. The Morgan fingerprint density at radius 3 is 2.83 bits per heavy atom. The predicted molar refractivity (Wildman–Crippen MR) is 86.9 cm³/mol. The van der Waals surface area contributed by atoms with Gasteiger partial charge in [0.15, 0.2) is 5.82 Å². The maximum atomic E-state index is 12.4. The Morgan fingerprint density at radius 2 is 2.21 bits per heavy atom. The topological polar surface area (TPSA) is 96.8 Å². The second-order valence-electron chi connectivity index (χ2n) is 6.29. The number of aromatic nitrogens is 2. The second kappa shape index (κ2) is 6.90. The molecule has 1 aliphatic carbocycles. The normalized spacial score (nSPS) is 25.2. The summed E-state index contributed by atoms with van der Waals surface area (Å²) in [6.45, 7) is 3.79. The third-order valence-electron chi connectivity index (χ3n) is 5.15. The molecule has 1 aromatic heterocycles. The van der Waals surface area contributed by atoms with Crippen LogP contribution in [-0.2, 0) is 4.74 Å². The highest BCUT2D eigenvalue weighted by Gasteiger charge is 2.56. The van der Waals surface area contributed by atoms with Gasteiger partial charge in [-0.25, -0.2) is 4.79 Å². The molecule has 3 rings (SSSR count). The molecule has 8 heteroatoms. The van der Waals surface area contributed by atoms with E-state index in [2.05, 4.69) is 15.3 Å². The molecule has 1 saturated heterocycles.